The summed E-state index contributed by atoms with van der Waals surface area (Å²) < 4.78 is 28.7. The fourth-order valence-corrected chi connectivity index (χ4v) is 4.28. The Morgan fingerprint density at radius 3 is 2.56 bits per heavy atom. The molecule has 1 nitrogen and oxygen atoms in total. The van der Waals surface area contributed by atoms with Crippen LogP contribution in [0.25, 0.3) is 11.6 Å². The maximum Gasteiger partial charge on any atom is 0.150 e. The second-order valence-electron chi connectivity index (χ2n) is 8.47. The quantitative estimate of drug-likeness (QED) is 0.153. The molecule has 0 radical (unpaired) electrons. The number of aryl methyl sites for hydroxylation is 2. The molecule has 0 saturated heterocycles. The van der Waals surface area contributed by atoms with E-state index in [1.807, 2.05) is 24.3 Å². The topological polar surface area (TPSA) is 12.4 Å². The fraction of sp³-hybridized carbons (Fsp3) is 0.233. The number of benzene rings is 3. The van der Waals surface area contributed by atoms with Gasteiger partial charge in [0.05, 0.1) is 10.7 Å². The second kappa shape index (κ2) is 11.2. The number of thiocarbonyl (C=S) groups is 1. The summed E-state index contributed by atoms with van der Waals surface area (Å²) in [5.74, 6) is 5.42. The minimum Gasteiger partial charge on any atom is -0.206 e. The van der Waals surface area contributed by atoms with Crippen LogP contribution < -0.4 is 0 Å². The van der Waals surface area contributed by atoms with Crippen molar-refractivity contribution in [2.45, 2.75) is 45.4 Å². The van der Waals surface area contributed by atoms with Crippen LogP contribution in [0.3, 0.4) is 0 Å². The Morgan fingerprint density at radius 1 is 0.912 bits per heavy atom. The van der Waals surface area contributed by atoms with Gasteiger partial charge in [0.15, 0.2) is 0 Å². The number of allylic oxidation sites excluding steroid dienone is 1. The second-order valence-corrected chi connectivity index (χ2v) is 8.66. The van der Waals surface area contributed by atoms with Gasteiger partial charge in [-0.15, -0.1) is 0 Å². The molecule has 3 aromatic rings. The van der Waals surface area contributed by atoms with E-state index in [1.165, 1.54) is 11.6 Å². The Hall–Kier alpha value is -3.38. The lowest BCUT2D eigenvalue weighted by Gasteiger charge is -2.17. The molecule has 0 fully saturated rings. The van der Waals surface area contributed by atoms with Crippen LogP contribution in [0.4, 0.5) is 14.5 Å². The highest BCUT2D eigenvalue weighted by molar-refractivity contribution is 7.78. The third-order valence-electron chi connectivity index (χ3n) is 6.06. The number of hydrogen-bond donors (Lipinski definition) is 0. The molecule has 1 aliphatic carbocycles. The number of nitrogens with zero attached hydrogens (tertiary/aromatic N) is 1. The van der Waals surface area contributed by atoms with Crippen LogP contribution in [0.5, 0.6) is 0 Å². The van der Waals surface area contributed by atoms with E-state index in [-0.39, 0.29) is 11.5 Å². The van der Waals surface area contributed by atoms with Crippen molar-refractivity contribution in [1.29, 1.82) is 0 Å². The van der Waals surface area contributed by atoms with Gasteiger partial charge in [0.25, 0.3) is 0 Å². The van der Waals surface area contributed by atoms with Crippen molar-refractivity contribution in [3.8, 4) is 11.8 Å². The number of fused-ring (bicyclic) bond motifs is 1. The zero-order valence-corrected chi connectivity index (χ0v) is 19.9. The van der Waals surface area contributed by atoms with Crippen LogP contribution in [-0.2, 0) is 12.8 Å². The lowest BCUT2D eigenvalue weighted by molar-refractivity contribution is 0.619. The van der Waals surface area contributed by atoms with Gasteiger partial charge >= 0.3 is 0 Å². The average Bonchev–Trinajstić information content (AvgIpc) is 2.84. The molecule has 3 aromatic carbocycles. The van der Waals surface area contributed by atoms with Crippen molar-refractivity contribution in [2.75, 3.05) is 0 Å². The zero-order chi connectivity index (χ0) is 23.9. The number of unbranched alkanes of at least 4 members (excludes halogenated alkanes) is 2. The normalized spacial score (nSPS) is 12.1. The number of rotatable bonds is 6. The summed E-state index contributed by atoms with van der Waals surface area (Å²) >= 11 is 4.56. The molecule has 0 bridgehead atoms. The lowest BCUT2D eigenvalue weighted by Crippen LogP contribution is -2.00. The zero-order valence-electron chi connectivity index (χ0n) is 19.1. The van der Waals surface area contributed by atoms with E-state index in [0.717, 1.165) is 66.4 Å². The molecular formula is C30H25F2NS. The van der Waals surface area contributed by atoms with Crippen LogP contribution in [0, 0.1) is 23.5 Å². The molecule has 0 unspecified atom stereocenters. The summed E-state index contributed by atoms with van der Waals surface area (Å²) in [5, 5.41) is 2.20. The number of halogens is 2. The minimum absolute atomic E-state index is 0.196. The molecule has 0 spiro atoms. The van der Waals surface area contributed by atoms with E-state index in [2.05, 4.69) is 53.3 Å². The fourth-order valence-electron chi connectivity index (χ4n) is 4.18. The predicted molar refractivity (Wildman–Crippen MR) is 139 cm³/mol. The summed E-state index contributed by atoms with van der Waals surface area (Å²) in [5.41, 5.74) is 6.68. The maximum absolute atomic E-state index is 14.5. The van der Waals surface area contributed by atoms with E-state index in [9.17, 15) is 8.78 Å². The van der Waals surface area contributed by atoms with Gasteiger partial charge in [-0.25, -0.2) is 8.78 Å². The van der Waals surface area contributed by atoms with Crippen molar-refractivity contribution in [2.24, 2.45) is 4.99 Å². The highest BCUT2D eigenvalue weighted by atomic mass is 32.1. The number of hydrogen-bond acceptors (Lipinski definition) is 2. The molecule has 0 aromatic heterocycles. The molecule has 4 heteroatoms. The van der Waals surface area contributed by atoms with Crippen LogP contribution in [0.15, 0.2) is 59.6 Å². The molecule has 34 heavy (non-hydrogen) atoms. The largest absolute Gasteiger partial charge is 0.206 e. The summed E-state index contributed by atoms with van der Waals surface area (Å²) in [6.45, 7) is 2.16. The Balaban J connectivity index is 1.51. The minimum atomic E-state index is -0.409. The Bertz CT molecular complexity index is 1350. The van der Waals surface area contributed by atoms with Crippen molar-refractivity contribution in [3.63, 3.8) is 0 Å². The van der Waals surface area contributed by atoms with Crippen molar-refractivity contribution in [1.82, 2.24) is 0 Å². The first-order valence-electron chi connectivity index (χ1n) is 11.6. The molecular weight excluding hydrogens is 444 g/mol. The van der Waals surface area contributed by atoms with E-state index in [1.54, 1.807) is 18.2 Å². The summed E-state index contributed by atoms with van der Waals surface area (Å²) in [6.07, 6.45) is 8.01. The monoisotopic (exact) mass is 469 g/mol. The molecule has 0 N–H and O–H groups in total. The average molecular weight is 470 g/mol. The van der Waals surface area contributed by atoms with Gasteiger partial charge in [0, 0.05) is 5.56 Å². The first-order chi connectivity index (χ1) is 16.6. The molecule has 0 aliphatic heterocycles. The number of isothiocyanates is 1. The van der Waals surface area contributed by atoms with Crippen LogP contribution in [-0.4, -0.2) is 5.16 Å². The van der Waals surface area contributed by atoms with Crippen molar-refractivity contribution in [3.05, 3.63) is 99.6 Å². The third-order valence-corrected chi connectivity index (χ3v) is 6.16. The van der Waals surface area contributed by atoms with Crippen molar-refractivity contribution < 1.29 is 8.78 Å². The predicted octanol–water partition coefficient (Wildman–Crippen LogP) is 8.32. The van der Waals surface area contributed by atoms with Gasteiger partial charge in [0.1, 0.15) is 17.3 Å². The number of aliphatic imine (C=N–C) groups is 1. The third kappa shape index (κ3) is 5.75. The molecule has 0 amide bonds. The highest BCUT2D eigenvalue weighted by Crippen LogP contribution is 2.32. The Labute approximate surface area is 205 Å². The van der Waals surface area contributed by atoms with Gasteiger partial charge in [-0.2, -0.15) is 4.99 Å². The standard InChI is InChI=1S/C30H25F2NS/c1-2-3-4-5-21-6-9-23(28(31)17-21)10-7-22-8-11-25-18-26(13-12-24(25)16-22)27-14-15-30(33-20-34)29(32)19-27/h6,8-9,11,14-19H,2-5,12-13H2,1H3. The molecule has 1 aliphatic rings. The van der Waals surface area contributed by atoms with E-state index >= 15 is 0 Å². The molecule has 170 valence electrons. The molecule has 0 saturated carbocycles. The summed E-state index contributed by atoms with van der Waals surface area (Å²) in [6, 6.07) is 16.3. The van der Waals surface area contributed by atoms with Crippen molar-refractivity contribution >= 4 is 34.7 Å². The SMILES string of the molecule is CCCCCc1ccc(C#Cc2ccc3c(c2)CCC(c2ccc(N=C=S)c(F)c2)=C3)c(F)c1. The summed E-state index contributed by atoms with van der Waals surface area (Å²) in [4.78, 5) is 3.74. The molecule has 0 atom stereocenters. The van der Waals surface area contributed by atoms with Gasteiger partial charge in [-0.05, 0) is 102 Å². The van der Waals surface area contributed by atoms with Gasteiger partial charge in [-0.3, -0.25) is 0 Å². The van der Waals surface area contributed by atoms with Gasteiger partial charge < -0.3 is 0 Å². The van der Waals surface area contributed by atoms with Gasteiger partial charge in [0.2, 0.25) is 0 Å². The summed E-state index contributed by atoms with van der Waals surface area (Å²) in [7, 11) is 0. The molecule has 0 heterocycles. The smallest absolute Gasteiger partial charge is 0.150 e. The van der Waals surface area contributed by atoms with Crippen LogP contribution >= 0.6 is 12.2 Å². The van der Waals surface area contributed by atoms with E-state index < -0.39 is 5.82 Å². The first kappa shape index (κ1) is 23.8. The van der Waals surface area contributed by atoms with Crippen LogP contribution in [0.1, 0.15) is 66.0 Å². The maximum atomic E-state index is 14.5. The van der Waals surface area contributed by atoms with E-state index in [4.69, 9.17) is 0 Å². The Kier molecular flexibility index (Phi) is 7.80. The lowest BCUT2D eigenvalue weighted by atomic mass is 9.88. The Morgan fingerprint density at radius 2 is 1.79 bits per heavy atom. The molecule has 4 rings (SSSR count). The van der Waals surface area contributed by atoms with Crippen LogP contribution in [0.2, 0.25) is 0 Å². The van der Waals surface area contributed by atoms with Gasteiger partial charge in [-0.1, -0.05) is 55.9 Å². The highest BCUT2D eigenvalue weighted by Gasteiger charge is 2.14. The first-order valence-corrected chi connectivity index (χ1v) is 12.0. The van der Waals surface area contributed by atoms with E-state index in [0.29, 0.717) is 5.56 Å².